The number of rotatable bonds is 4. The third-order valence-electron chi connectivity index (χ3n) is 2.05. The van der Waals surface area contributed by atoms with Gasteiger partial charge in [0.2, 0.25) is 5.91 Å². The van der Waals surface area contributed by atoms with E-state index < -0.39 is 0 Å². The number of carbonyl (C=O) groups excluding carboxylic acids is 1. The van der Waals surface area contributed by atoms with Crippen LogP contribution in [0.2, 0.25) is 0 Å². The number of carbonyl (C=O) groups is 1. The van der Waals surface area contributed by atoms with Crippen LogP contribution in [0.4, 0.5) is 0 Å². The molecule has 1 N–H and O–H groups in total. The van der Waals surface area contributed by atoms with Crippen LogP contribution in [-0.2, 0) is 4.79 Å². The number of nitrogens with zero attached hydrogens (tertiary/aromatic N) is 3. The van der Waals surface area contributed by atoms with Gasteiger partial charge in [-0.2, -0.15) is 5.10 Å². The van der Waals surface area contributed by atoms with Gasteiger partial charge >= 0.3 is 0 Å². The molecule has 5 heteroatoms. The Labute approximate surface area is 95.0 Å². The monoisotopic (exact) mass is 220 g/mol. The zero-order valence-corrected chi connectivity index (χ0v) is 9.82. The third-order valence-corrected chi connectivity index (χ3v) is 2.05. The Morgan fingerprint density at radius 3 is 2.75 bits per heavy atom. The molecule has 0 unspecified atom stereocenters. The predicted octanol–water partition coefficient (Wildman–Crippen LogP) is 1.43. The maximum Gasteiger partial charge on any atom is 0.240 e. The van der Waals surface area contributed by atoms with Crippen LogP contribution in [0, 0.1) is 6.92 Å². The fourth-order valence-electron chi connectivity index (χ4n) is 1.24. The molecular formula is C11H16N4O. The van der Waals surface area contributed by atoms with Crippen molar-refractivity contribution in [2.75, 3.05) is 0 Å². The van der Waals surface area contributed by atoms with Crippen molar-refractivity contribution in [2.45, 2.75) is 33.6 Å². The van der Waals surface area contributed by atoms with Crippen molar-refractivity contribution in [2.24, 2.45) is 5.10 Å². The molecule has 1 aromatic heterocycles. The van der Waals surface area contributed by atoms with Gasteiger partial charge < -0.3 is 0 Å². The molecule has 5 nitrogen and oxygen atoms in total. The number of nitrogens with one attached hydrogen (secondary N) is 1. The van der Waals surface area contributed by atoms with Crippen molar-refractivity contribution in [3.8, 4) is 0 Å². The number of amides is 1. The average molecular weight is 220 g/mol. The topological polar surface area (TPSA) is 67.2 Å². The minimum atomic E-state index is -0.0802. The Morgan fingerprint density at radius 1 is 1.44 bits per heavy atom. The van der Waals surface area contributed by atoms with Crippen LogP contribution in [-0.4, -0.2) is 21.6 Å². The van der Waals surface area contributed by atoms with Crippen LogP contribution in [0.1, 0.15) is 38.1 Å². The van der Waals surface area contributed by atoms with E-state index in [0.717, 1.165) is 12.1 Å². The van der Waals surface area contributed by atoms with Crippen molar-refractivity contribution in [3.05, 3.63) is 23.8 Å². The van der Waals surface area contributed by atoms with Crippen LogP contribution in [0.5, 0.6) is 0 Å². The van der Waals surface area contributed by atoms with Gasteiger partial charge in [0.05, 0.1) is 11.4 Å². The average Bonchev–Trinajstić information content (AvgIpc) is 2.27. The maximum absolute atomic E-state index is 11.2. The number of hydrogen-bond acceptors (Lipinski definition) is 4. The van der Waals surface area contributed by atoms with E-state index in [1.54, 1.807) is 19.3 Å². The normalized spacial score (nSPS) is 11.3. The molecule has 0 bridgehead atoms. The molecule has 0 saturated heterocycles. The van der Waals surface area contributed by atoms with Gasteiger partial charge in [-0.15, -0.1) is 0 Å². The molecule has 86 valence electrons. The molecule has 1 rings (SSSR count). The molecule has 0 saturated carbocycles. The number of aryl methyl sites for hydroxylation is 1. The molecule has 0 aliphatic rings. The fourth-order valence-corrected chi connectivity index (χ4v) is 1.24. The highest BCUT2D eigenvalue weighted by Crippen LogP contribution is 2.00. The van der Waals surface area contributed by atoms with E-state index in [-0.39, 0.29) is 5.91 Å². The minimum Gasteiger partial charge on any atom is -0.273 e. The Bertz CT molecular complexity index is 401. The lowest BCUT2D eigenvalue weighted by Gasteiger charge is -2.03. The molecule has 1 heterocycles. The molecule has 1 amide bonds. The summed E-state index contributed by atoms with van der Waals surface area (Å²) in [4.78, 5) is 19.5. The Balaban J connectivity index is 2.71. The summed E-state index contributed by atoms with van der Waals surface area (Å²) in [5, 5.41) is 3.99. The Kier molecular flexibility index (Phi) is 4.57. The van der Waals surface area contributed by atoms with E-state index in [2.05, 4.69) is 20.5 Å². The summed E-state index contributed by atoms with van der Waals surface area (Å²) in [5.74, 6) is -0.0802. The van der Waals surface area contributed by atoms with E-state index in [1.165, 1.54) is 0 Å². The lowest BCUT2D eigenvalue weighted by Crippen LogP contribution is -2.19. The van der Waals surface area contributed by atoms with E-state index in [4.69, 9.17) is 0 Å². The first-order chi connectivity index (χ1) is 7.65. The first kappa shape index (κ1) is 12.3. The SMILES string of the molecule is CCCC(=O)NN=C(C)c1nccnc1C. The van der Waals surface area contributed by atoms with Gasteiger partial charge in [0, 0.05) is 18.8 Å². The van der Waals surface area contributed by atoms with Gasteiger partial charge in [0.15, 0.2) is 0 Å². The van der Waals surface area contributed by atoms with Crippen molar-refractivity contribution in [1.29, 1.82) is 0 Å². The number of hydrogen-bond donors (Lipinski definition) is 1. The van der Waals surface area contributed by atoms with Crippen LogP contribution in [0.25, 0.3) is 0 Å². The van der Waals surface area contributed by atoms with Crippen LogP contribution < -0.4 is 5.43 Å². The van der Waals surface area contributed by atoms with E-state index in [9.17, 15) is 4.79 Å². The quantitative estimate of drug-likeness (QED) is 0.616. The minimum absolute atomic E-state index is 0.0802. The molecule has 0 aromatic carbocycles. The summed E-state index contributed by atoms with van der Waals surface area (Å²) in [5.41, 5.74) is 4.66. The highest BCUT2D eigenvalue weighted by atomic mass is 16.2. The second kappa shape index (κ2) is 5.95. The lowest BCUT2D eigenvalue weighted by molar-refractivity contribution is -0.121. The summed E-state index contributed by atoms with van der Waals surface area (Å²) in [7, 11) is 0. The molecule has 0 fully saturated rings. The van der Waals surface area contributed by atoms with E-state index >= 15 is 0 Å². The summed E-state index contributed by atoms with van der Waals surface area (Å²) >= 11 is 0. The van der Waals surface area contributed by atoms with Gasteiger partial charge in [0.25, 0.3) is 0 Å². The molecule has 0 aliphatic carbocycles. The van der Waals surface area contributed by atoms with E-state index in [1.807, 2.05) is 13.8 Å². The van der Waals surface area contributed by atoms with Gasteiger partial charge in [-0.1, -0.05) is 6.92 Å². The summed E-state index contributed by atoms with van der Waals surface area (Å²) in [6.45, 7) is 5.60. The Morgan fingerprint density at radius 2 is 2.12 bits per heavy atom. The zero-order chi connectivity index (χ0) is 12.0. The first-order valence-corrected chi connectivity index (χ1v) is 5.26. The zero-order valence-electron chi connectivity index (χ0n) is 9.82. The molecule has 0 aliphatic heterocycles. The predicted molar refractivity (Wildman–Crippen MR) is 62.0 cm³/mol. The Hall–Kier alpha value is -1.78. The van der Waals surface area contributed by atoms with Gasteiger partial charge in [-0.25, -0.2) is 5.43 Å². The second-order valence-corrected chi connectivity index (χ2v) is 3.47. The molecule has 16 heavy (non-hydrogen) atoms. The van der Waals surface area contributed by atoms with Gasteiger partial charge in [0.1, 0.15) is 5.69 Å². The summed E-state index contributed by atoms with van der Waals surface area (Å²) in [6.07, 6.45) is 4.53. The van der Waals surface area contributed by atoms with Crippen LogP contribution in [0.3, 0.4) is 0 Å². The van der Waals surface area contributed by atoms with Crippen molar-refractivity contribution >= 4 is 11.6 Å². The van der Waals surface area contributed by atoms with Crippen LogP contribution in [0.15, 0.2) is 17.5 Å². The van der Waals surface area contributed by atoms with Crippen molar-refractivity contribution < 1.29 is 4.79 Å². The second-order valence-electron chi connectivity index (χ2n) is 3.47. The lowest BCUT2D eigenvalue weighted by atomic mass is 10.2. The molecule has 1 aromatic rings. The van der Waals surface area contributed by atoms with Crippen molar-refractivity contribution in [3.63, 3.8) is 0 Å². The van der Waals surface area contributed by atoms with Crippen molar-refractivity contribution in [1.82, 2.24) is 15.4 Å². The standard InChI is InChI=1S/C11H16N4O/c1-4-5-10(16)15-14-9(3)11-8(2)12-6-7-13-11/h6-7H,4-5H2,1-3H3,(H,15,16). The third kappa shape index (κ3) is 3.42. The van der Waals surface area contributed by atoms with Gasteiger partial charge in [-0.05, 0) is 20.3 Å². The smallest absolute Gasteiger partial charge is 0.240 e. The van der Waals surface area contributed by atoms with E-state index in [0.29, 0.717) is 17.8 Å². The fraction of sp³-hybridized carbons (Fsp3) is 0.455. The molecule has 0 spiro atoms. The van der Waals surface area contributed by atoms with Gasteiger partial charge in [-0.3, -0.25) is 14.8 Å². The summed E-state index contributed by atoms with van der Waals surface area (Å²) < 4.78 is 0. The molecular weight excluding hydrogens is 204 g/mol. The summed E-state index contributed by atoms with van der Waals surface area (Å²) in [6, 6.07) is 0. The maximum atomic E-state index is 11.2. The van der Waals surface area contributed by atoms with Crippen LogP contribution >= 0.6 is 0 Å². The number of aromatic nitrogens is 2. The molecule has 0 radical (unpaired) electrons. The molecule has 0 atom stereocenters. The first-order valence-electron chi connectivity index (χ1n) is 5.26. The largest absolute Gasteiger partial charge is 0.273 e. The highest BCUT2D eigenvalue weighted by molar-refractivity contribution is 5.98. The number of hydrazone groups is 1. The highest BCUT2D eigenvalue weighted by Gasteiger charge is 2.04.